The Morgan fingerprint density at radius 3 is 2.72 bits per heavy atom. The predicted octanol–water partition coefficient (Wildman–Crippen LogP) is 2.63. The zero-order valence-electron chi connectivity index (χ0n) is 10.8. The molecule has 2 unspecified atom stereocenters. The molecule has 2 atom stereocenters. The molecule has 0 radical (unpaired) electrons. The van der Waals surface area contributed by atoms with E-state index in [9.17, 15) is 9.59 Å². The molecule has 0 saturated heterocycles. The number of esters is 1. The van der Waals surface area contributed by atoms with Crippen LogP contribution in [-0.2, 0) is 14.3 Å². The lowest BCUT2D eigenvalue weighted by atomic mass is 10.1. The molecule has 0 aromatic heterocycles. The van der Waals surface area contributed by atoms with Crippen molar-refractivity contribution in [2.75, 3.05) is 0 Å². The van der Waals surface area contributed by atoms with Crippen LogP contribution in [0.4, 0.5) is 0 Å². The molecule has 0 heterocycles. The van der Waals surface area contributed by atoms with Gasteiger partial charge in [-0.3, -0.25) is 9.59 Å². The van der Waals surface area contributed by atoms with Gasteiger partial charge in [-0.25, -0.2) is 0 Å². The highest BCUT2D eigenvalue weighted by Crippen LogP contribution is 2.29. The quantitative estimate of drug-likeness (QED) is 0.455. The van der Waals surface area contributed by atoms with E-state index in [0.29, 0.717) is 12.0 Å². The van der Waals surface area contributed by atoms with E-state index >= 15 is 0 Å². The number of carbonyl (C=O) groups is 2. The lowest BCUT2D eigenvalue weighted by molar-refractivity contribution is -0.147. The number of hydrogen-bond donors (Lipinski definition) is 0. The van der Waals surface area contributed by atoms with E-state index in [1.54, 1.807) is 6.92 Å². The fourth-order valence-corrected chi connectivity index (χ4v) is 1.91. The van der Waals surface area contributed by atoms with Crippen molar-refractivity contribution in [3.63, 3.8) is 0 Å². The summed E-state index contributed by atoms with van der Waals surface area (Å²) in [4.78, 5) is 23.2. The molecule has 0 amide bonds. The van der Waals surface area contributed by atoms with Gasteiger partial charge in [0.15, 0.2) is 5.78 Å². The first-order chi connectivity index (χ1) is 8.38. The van der Waals surface area contributed by atoms with E-state index in [2.05, 4.69) is 21.9 Å². The zero-order valence-corrected chi connectivity index (χ0v) is 12.4. The van der Waals surface area contributed by atoms with Crippen molar-refractivity contribution in [3.8, 4) is 12.3 Å². The highest BCUT2D eigenvalue weighted by atomic mass is 79.9. The molecule has 4 heteroatoms. The molecule has 0 saturated carbocycles. The number of hydrogen-bond acceptors (Lipinski definition) is 3. The Morgan fingerprint density at radius 1 is 1.61 bits per heavy atom. The normalized spacial score (nSPS) is 21.1. The Kier molecular flexibility index (Phi) is 5.15. The van der Waals surface area contributed by atoms with Gasteiger partial charge in [-0.15, -0.1) is 12.3 Å². The molecule has 1 aliphatic carbocycles. The lowest BCUT2D eigenvalue weighted by Gasteiger charge is -2.17. The monoisotopic (exact) mass is 312 g/mol. The molecule has 1 rings (SSSR count). The van der Waals surface area contributed by atoms with E-state index in [1.165, 1.54) is 0 Å². The smallest absolute Gasteiger partial charge is 0.320 e. The van der Waals surface area contributed by atoms with Gasteiger partial charge in [0.05, 0.1) is 6.42 Å². The van der Waals surface area contributed by atoms with Crippen molar-refractivity contribution in [2.45, 2.75) is 44.5 Å². The van der Waals surface area contributed by atoms with E-state index in [-0.39, 0.29) is 28.9 Å². The van der Waals surface area contributed by atoms with Gasteiger partial charge < -0.3 is 4.74 Å². The van der Waals surface area contributed by atoms with Crippen molar-refractivity contribution in [3.05, 3.63) is 11.1 Å². The second-order valence-corrected chi connectivity index (χ2v) is 5.73. The van der Waals surface area contributed by atoms with Crippen LogP contribution in [0.2, 0.25) is 0 Å². The molecule has 0 aromatic rings. The van der Waals surface area contributed by atoms with Crippen LogP contribution in [0.5, 0.6) is 0 Å². The Balaban J connectivity index is 2.74. The second kappa shape index (κ2) is 6.19. The van der Waals surface area contributed by atoms with Crippen LogP contribution in [0.1, 0.15) is 33.6 Å². The van der Waals surface area contributed by atoms with Crippen molar-refractivity contribution in [1.29, 1.82) is 0 Å². The molecule has 0 spiro atoms. The standard InChI is InChI=1S/C14H17BrO3/c1-5-6-10-9(4)12(7-11(10)16)18-14(17)13(15)8(2)3/h1,8,12-13H,6-7H2,2-4H3. The highest BCUT2D eigenvalue weighted by molar-refractivity contribution is 9.10. The molecular formula is C14H17BrO3. The Morgan fingerprint density at radius 2 is 2.22 bits per heavy atom. The first-order valence-electron chi connectivity index (χ1n) is 5.89. The van der Waals surface area contributed by atoms with Gasteiger partial charge in [0.25, 0.3) is 0 Å². The van der Waals surface area contributed by atoms with Crippen LogP contribution in [0.3, 0.4) is 0 Å². The van der Waals surface area contributed by atoms with Crippen molar-refractivity contribution >= 4 is 27.7 Å². The van der Waals surface area contributed by atoms with Gasteiger partial charge in [0.2, 0.25) is 0 Å². The summed E-state index contributed by atoms with van der Waals surface area (Å²) in [6.45, 7) is 5.65. The van der Waals surface area contributed by atoms with Gasteiger partial charge in [-0.1, -0.05) is 29.8 Å². The van der Waals surface area contributed by atoms with Gasteiger partial charge in [-0.05, 0) is 18.4 Å². The maximum absolute atomic E-state index is 11.8. The number of alkyl halides is 1. The number of Topliss-reactive ketones (excluding diaryl/α,β-unsaturated/α-hetero) is 1. The number of allylic oxidation sites excluding steroid dienone is 1. The third-order valence-electron chi connectivity index (χ3n) is 3.01. The molecule has 0 aromatic carbocycles. The minimum atomic E-state index is -0.452. The minimum absolute atomic E-state index is 0.0149. The maximum atomic E-state index is 11.8. The molecule has 1 aliphatic rings. The van der Waals surface area contributed by atoms with Crippen LogP contribution >= 0.6 is 15.9 Å². The molecular weight excluding hydrogens is 296 g/mol. The largest absolute Gasteiger partial charge is 0.456 e. The van der Waals surface area contributed by atoms with E-state index in [4.69, 9.17) is 11.2 Å². The van der Waals surface area contributed by atoms with Gasteiger partial charge >= 0.3 is 5.97 Å². The maximum Gasteiger partial charge on any atom is 0.320 e. The van der Waals surface area contributed by atoms with Crippen LogP contribution in [0, 0.1) is 18.3 Å². The van der Waals surface area contributed by atoms with Crippen molar-refractivity contribution < 1.29 is 14.3 Å². The fraction of sp³-hybridized carbons (Fsp3) is 0.571. The SMILES string of the molecule is C#CCC1=C(C)C(OC(=O)C(Br)C(C)C)CC1=O. The van der Waals surface area contributed by atoms with Crippen LogP contribution in [0.25, 0.3) is 0 Å². The summed E-state index contributed by atoms with van der Waals surface area (Å²) in [6, 6.07) is 0. The second-order valence-electron chi connectivity index (χ2n) is 4.74. The number of ketones is 1. The van der Waals surface area contributed by atoms with Crippen LogP contribution < -0.4 is 0 Å². The summed E-state index contributed by atoms with van der Waals surface area (Å²) in [5, 5.41) is 0. The van der Waals surface area contributed by atoms with Crippen LogP contribution in [0.15, 0.2) is 11.1 Å². The summed E-state index contributed by atoms with van der Waals surface area (Å²) < 4.78 is 5.36. The van der Waals surface area contributed by atoms with E-state index < -0.39 is 6.10 Å². The Bertz CT molecular complexity index is 429. The van der Waals surface area contributed by atoms with Gasteiger partial charge in [-0.2, -0.15) is 0 Å². The van der Waals surface area contributed by atoms with Gasteiger partial charge in [0, 0.05) is 12.0 Å². The minimum Gasteiger partial charge on any atom is -0.456 e. The zero-order chi connectivity index (χ0) is 13.9. The fourth-order valence-electron chi connectivity index (χ4n) is 1.81. The highest BCUT2D eigenvalue weighted by Gasteiger charge is 2.33. The molecule has 18 heavy (non-hydrogen) atoms. The number of halogens is 1. The van der Waals surface area contributed by atoms with Gasteiger partial charge in [0.1, 0.15) is 10.9 Å². The Hall–Kier alpha value is -1.08. The van der Waals surface area contributed by atoms with E-state index in [1.807, 2.05) is 13.8 Å². The summed E-state index contributed by atoms with van der Waals surface area (Å²) >= 11 is 3.29. The number of terminal acetylenes is 1. The third-order valence-corrected chi connectivity index (χ3v) is 4.45. The summed E-state index contributed by atoms with van der Waals surface area (Å²) in [7, 11) is 0. The predicted molar refractivity (Wildman–Crippen MR) is 73.2 cm³/mol. The summed E-state index contributed by atoms with van der Waals surface area (Å²) in [5.74, 6) is 2.26. The average molecular weight is 313 g/mol. The number of ether oxygens (including phenoxy) is 1. The molecule has 0 N–H and O–H groups in total. The number of carbonyl (C=O) groups excluding carboxylic acids is 2. The Labute approximate surface area is 116 Å². The molecule has 98 valence electrons. The molecule has 0 bridgehead atoms. The lowest BCUT2D eigenvalue weighted by Crippen LogP contribution is -2.27. The van der Waals surface area contributed by atoms with Crippen LogP contribution in [-0.4, -0.2) is 22.7 Å². The molecule has 0 aliphatic heterocycles. The van der Waals surface area contributed by atoms with Crippen molar-refractivity contribution in [1.82, 2.24) is 0 Å². The average Bonchev–Trinajstić information content (AvgIpc) is 2.56. The molecule has 3 nitrogen and oxygen atoms in total. The molecule has 0 fully saturated rings. The first kappa shape index (κ1) is 15.0. The van der Waals surface area contributed by atoms with E-state index in [0.717, 1.165) is 5.57 Å². The van der Waals surface area contributed by atoms with Crippen molar-refractivity contribution in [2.24, 2.45) is 5.92 Å². The summed E-state index contributed by atoms with van der Waals surface area (Å²) in [5.41, 5.74) is 1.40. The topological polar surface area (TPSA) is 43.4 Å². The third kappa shape index (κ3) is 3.23. The summed E-state index contributed by atoms with van der Waals surface area (Å²) in [6.07, 6.45) is 5.28. The number of rotatable bonds is 4. The first-order valence-corrected chi connectivity index (χ1v) is 6.80.